The lowest BCUT2D eigenvalue weighted by Gasteiger charge is -2.38. The molecule has 0 amide bonds. The molecule has 2 aromatic rings. The van der Waals surface area contributed by atoms with Gasteiger partial charge in [0.1, 0.15) is 12.4 Å². The van der Waals surface area contributed by atoms with E-state index < -0.39 is 16.8 Å². The minimum absolute atomic E-state index is 0.175. The van der Waals surface area contributed by atoms with Gasteiger partial charge >= 0.3 is 5.97 Å². The molecule has 3 heterocycles. The van der Waals surface area contributed by atoms with E-state index in [4.69, 9.17) is 4.74 Å². The van der Waals surface area contributed by atoms with Gasteiger partial charge in [-0.25, -0.2) is 14.7 Å². The van der Waals surface area contributed by atoms with E-state index in [1.54, 1.807) is 30.5 Å². The number of nitrogens with zero attached hydrogens (tertiary/aromatic N) is 4. The summed E-state index contributed by atoms with van der Waals surface area (Å²) in [5.41, 5.74) is 0.180. The van der Waals surface area contributed by atoms with Crippen molar-refractivity contribution in [1.29, 1.82) is 0 Å². The average Bonchev–Trinajstić information content (AvgIpc) is 3.19. The predicted molar refractivity (Wildman–Crippen MR) is 99.7 cm³/mol. The number of esters is 1. The van der Waals surface area contributed by atoms with Crippen LogP contribution in [0.5, 0.6) is 0 Å². The lowest BCUT2D eigenvalue weighted by Crippen LogP contribution is -2.50. The van der Waals surface area contributed by atoms with Gasteiger partial charge in [-0.3, -0.25) is 4.65 Å². The van der Waals surface area contributed by atoms with Crippen LogP contribution < -0.4 is 4.65 Å². The molecule has 0 saturated carbocycles. The number of thiazole rings is 1. The molecule has 3 rings (SSSR count). The van der Waals surface area contributed by atoms with Gasteiger partial charge in [-0.05, 0) is 45.8 Å². The van der Waals surface area contributed by atoms with Crippen molar-refractivity contribution in [2.24, 2.45) is 0 Å². The molecule has 2 aromatic heterocycles. The second kappa shape index (κ2) is 7.71. The van der Waals surface area contributed by atoms with Gasteiger partial charge in [0.25, 0.3) is 11.4 Å². The number of rotatable bonds is 6. The van der Waals surface area contributed by atoms with Gasteiger partial charge < -0.3 is 9.94 Å². The van der Waals surface area contributed by atoms with Crippen LogP contribution in [0.3, 0.4) is 0 Å². The molecule has 0 radical (unpaired) electrons. The van der Waals surface area contributed by atoms with Gasteiger partial charge in [0, 0.05) is 12.7 Å². The van der Waals surface area contributed by atoms with Crippen LogP contribution >= 0.6 is 27.3 Å². The number of hydrogen-bond donors (Lipinski definition) is 0. The maximum atomic E-state index is 13.5. The Morgan fingerprint density at radius 3 is 3.04 bits per heavy atom. The van der Waals surface area contributed by atoms with Crippen molar-refractivity contribution < 1.29 is 9.53 Å². The SMILES string of the molecule is C=CCCN1CC(OC(=O)c2ccccn2)[N+]([O-])(c2ncc(Br)s2)C1. The Balaban J connectivity index is 1.82. The molecular formula is C16H17BrN4O3S. The number of carbonyl (C=O) groups excluding carboxylic acids is 1. The number of hydrogen-bond acceptors (Lipinski definition) is 7. The summed E-state index contributed by atoms with van der Waals surface area (Å²) in [6, 6.07) is 4.97. The molecule has 0 aliphatic carbocycles. The maximum Gasteiger partial charge on any atom is 0.361 e. The first kappa shape index (κ1) is 18.2. The molecule has 25 heavy (non-hydrogen) atoms. The Morgan fingerprint density at radius 2 is 2.40 bits per heavy atom. The van der Waals surface area contributed by atoms with Crippen molar-refractivity contribution >= 4 is 38.4 Å². The third-order valence-electron chi connectivity index (χ3n) is 3.85. The van der Waals surface area contributed by atoms with E-state index in [1.807, 2.05) is 4.90 Å². The first-order valence-corrected chi connectivity index (χ1v) is 9.30. The molecule has 9 heteroatoms. The number of aromatic nitrogens is 2. The number of ether oxygens (including phenoxy) is 1. The van der Waals surface area contributed by atoms with Crippen LogP contribution in [0.1, 0.15) is 16.9 Å². The van der Waals surface area contributed by atoms with E-state index in [0.29, 0.717) is 18.2 Å². The van der Waals surface area contributed by atoms with Crippen LogP contribution in [0.15, 0.2) is 47.0 Å². The van der Waals surface area contributed by atoms with Crippen molar-refractivity contribution in [3.63, 3.8) is 0 Å². The third kappa shape index (κ3) is 3.96. The summed E-state index contributed by atoms with van der Waals surface area (Å²) in [7, 11) is 0. The topological polar surface area (TPSA) is 78.4 Å². The van der Waals surface area contributed by atoms with Crippen molar-refractivity contribution in [3.05, 3.63) is 57.9 Å². The van der Waals surface area contributed by atoms with Gasteiger partial charge in [0.05, 0.1) is 16.5 Å². The molecule has 0 bridgehead atoms. The van der Waals surface area contributed by atoms with E-state index in [2.05, 4.69) is 32.5 Å². The molecule has 0 aromatic carbocycles. The van der Waals surface area contributed by atoms with Gasteiger partial charge in [0.2, 0.25) is 0 Å². The highest BCUT2D eigenvalue weighted by molar-refractivity contribution is 9.11. The second-order valence-electron chi connectivity index (χ2n) is 5.61. The molecule has 132 valence electrons. The monoisotopic (exact) mass is 424 g/mol. The predicted octanol–water partition coefficient (Wildman–Crippen LogP) is 3.14. The highest BCUT2D eigenvalue weighted by Crippen LogP contribution is 2.37. The zero-order chi connectivity index (χ0) is 17.9. The lowest BCUT2D eigenvalue weighted by molar-refractivity contribution is 0.00499. The van der Waals surface area contributed by atoms with Crippen LogP contribution in [0.4, 0.5) is 5.13 Å². The van der Waals surface area contributed by atoms with Crippen LogP contribution in [0, 0.1) is 5.21 Å². The highest BCUT2D eigenvalue weighted by Gasteiger charge is 2.46. The summed E-state index contributed by atoms with van der Waals surface area (Å²) in [4.78, 5) is 22.5. The molecule has 0 spiro atoms. The summed E-state index contributed by atoms with van der Waals surface area (Å²) in [6.45, 7) is 4.90. The summed E-state index contributed by atoms with van der Waals surface area (Å²) in [6.07, 6.45) is 4.76. The second-order valence-corrected chi connectivity index (χ2v) is 8.00. The standard InChI is InChI=1S/C16H17BrN4O3S/c1-2-3-8-20-10-14(24-15(22)12-6-4-5-7-18-12)21(23,11-20)16-19-9-13(17)25-16/h2,4-7,9,14H,1,3,8,10-11H2. The number of halogens is 1. The zero-order valence-corrected chi connectivity index (χ0v) is 15.8. The third-order valence-corrected chi connectivity index (χ3v) is 5.43. The van der Waals surface area contributed by atoms with Crippen LogP contribution in [0.2, 0.25) is 0 Å². The van der Waals surface area contributed by atoms with E-state index >= 15 is 0 Å². The van der Waals surface area contributed by atoms with Crippen molar-refractivity contribution in [1.82, 2.24) is 19.5 Å². The maximum absolute atomic E-state index is 13.5. The molecule has 2 unspecified atom stereocenters. The van der Waals surface area contributed by atoms with Crippen LogP contribution in [0.25, 0.3) is 0 Å². The Labute approximate surface area is 157 Å². The fourth-order valence-corrected chi connectivity index (χ4v) is 3.88. The van der Waals surface area contributed by atoms with E-state index in [1.165, 1.54) is 17.5 Å². The molecule has 2 atom stereocenters. The Kier molecular flexibility index (Phi) is 5.60. The molecular weight excluding hydrogens is 408 g/mol. The van der Waals surface area contributed by atoms with Crippen molar-refractivity contribution in [2.45, 2.75) is 12.6 Å². The van der Waals surface area contributed by atoms with Crippen LogP contribution in [-0.2, 0) is 4.74 Å². The number of carbonyl (C=O) groups is 1. The summed E-state index contributed by atoms with van der Waals surface area (Å²) in [5.74, 6) is -0.606. The Hall–Kier alpha value is -1.65. The smallest absolute Gasteiger partial charge is 0.361 e. The number of hydroxylamine groups is 2. The summed E-state index contributed by atoms with van der Waals surface area (Å²) in [5, 5.41) is 13.8. The lowest BCUT2D eigenvalue weighted by atomic mass is 10.3. The van der Waals surface area contributed by atoms with Gasteiger partial charge in [-0.2, -0.15) is 4.98 Å². The minimum Gasteiger partial charge on any atom is -0.622 e. The molecule has 0 N–H and O–H groups in total. The van der Waals surface area contributed by atoms with Crippen LogP contribution in [-0.4, -0.2) is 46.8 Å². The van der Waals surface area contributed by atoms with E-state index in [9.17, 15) is 10.0 Å². The van der Waals surface area contributed by atoms with Gasteiger partial charge in [-0.15, -0.1) is 6.58 Å². The summed E-state index contributed by atoms with van der Waals surface area (Å²) >= 11 is 4.58. The number of quaternary nitrogens is 1. The molecule has 7 nitrogen and oxygen atoms in total. The Bertz CT molecular complexity index is 757. The highest BCUT2D eigenvalue weighted by atomic mass is 79.9. The quantitative estimate of drug-likeness (QED) is 0.306. The van der Waals surface area contributed by atoms with E-state index in [0.717, 1.165) is 10.2 Å². The molecule has 1 aliphatic rings. The first-order valence-electron chi connectivity index (χ1n) is 7.69. The molecule has 1 fully saturated rings. The molecule has 1 saturated heterocycles. The largest absolute Gasteiger partial charge is 0.622 e. The zero-order valence-electron chi connectivity index (χ0n) is 13.4. The van der Waals surface area contributed by atoms with Gasteiger partial charge in [0.15, 0.2) is 0 Å². The summed E-state index contributed by atoms with van der Waals surface area (Å²) < 4.78 is 5.47. The van der Waals surface area contributed by atoms with Gasteiger partial charge in [-0.1, -0.05) is 12.1 Å². The minimum atomic E-state index is -0.891. The first-order chi connectivity index (χ1) is 12.0. The fraction of sp³-hybridized carbons (Fsp3) is 0.312. The normalized spacial score (nSPS) is 23.5. The number of pyridine rings is 1. The molecule has 1 aliphatic heterocycles. The fourth-order valence-electron chi connectivity index (χ4n) is 2.63. The Morgan fingerprint density at radius 1 is 1.56 bits per heavy atom. The van der Waals surface area contributed by atoms with Crippen molar-refractivity contribution in [2.75, 3.05) is 19.8 Å². The van der Waals surface area contributed by atoms with Crippen molar-refractivity contribution in [3.8, 4) is 0 Å². The van der Waals surface area contributed by atoms with E-state index in [-0.39, 0.29) is 12.4 Å². The average molecular weight is 425 g/mol.